The molecule has 2 aliphatic carbocycles. The molecule has 0 radical (unpaired) electrons. The monoisotopic (exact) mass is 502 g/mol. The van der Waals surface area contributed by atoms with Gasteiger partial charge in [0.25, 0.3) is 0 Å². The molecule has 0 amide bonds. The van der Waals surface area contributed by atoms with Crippen molar-refractivity contribution in [2.75, 3.05) is 0 Å². The van der Waals surface area contributed by atoms with Gasteiger partial charge in [-0.1, -0.05) is 31.9 Å². The quantitative estimate of drug-likeness (QED) is 0.507. The molecule has 4 rings (SSSR count). The molecule has 0 aromatic heterocycles. The van der Waals surface area contributed by atoms with Gasteiger partial charge in [0.1, 0.15) is 17.7 Å². The van der Waals surface area contributed by atoms with Crippen LogP contribution in [0.3, 0.4) is 0 Å². The highest BCUT2D eigenvalue weighted by Crippen LogP contribution is 2.37. The normalized spacial score (nSPS) is 19.8. The number of carbonyl (C=O) groups excluding carboxylic acids is 1. The highest BCUT2D eigenvalue weighted by atomic mass is 79.9. The molecule has 2 aromatic rings. The van der Waals surface area contributed by atoms with E-state index in [1.807, 2.05) is 6.07 Å². The Morgan fingerprint density at radius 3 is 2.11 bits per heavy atom. The third kappa shape index (κ3) is 4.58. The lowest BCUT2D eigenvalue weighted by Crippen LogP contribution is -2.05. The number of hydrogen-bond donors (Lipinski definition) is 1. The predicted octanol–water partition coefficient (Wildman–Crippen LogP) is 5.71. The summed E-state index contributed by atoms with van der Waals surface area (Å²) in [5, 5.41) is 9.44. The fraction of sp³-hybridized carbons (Fsp3) is 0.350. The van der Waals surface area contributed by atoms with E-state index in [1.54, 1.807) is 6.07 Å². The van der Waals surface area contributed by atoms with E-state index in [2.05, 4.69) is 31.9 Å². The number of benzene rings is 2. The molecule has 0 saturated heterocycles. The van der Waals surface area contributed by atoms with E-state index in [9.17, 15) is 18.7 Å². The van der Waals surface area contributed by atoms with Gasteiger partial charge in [-0.2, -0.15) is 0 Å². The molecule has 0 heterocycles. The Hall–Kier alpha value is -1.31. The number of carbonyl (C=O) groups is 1. The molecule has 2 atom stereocenters. The van der Waals surface area contributed by atoms with Gasteiger partial charge in [0.2, 0.25) is 0 Å². The second kappa shape index (κ2) is 8.37. The van der Waals surface area contributed by atoms with E-state index in [1.165, 1.54) is 19.1 Å². The fourth-order valence-corrected chi connectivity index (χ4v) is 4.44. The molecule has 0 spiro atoms. The summed E-state index contributed by atoms with van der Waals surface area (Å²) < 4.78 is 33.2. The van der Waals surface area contributed by atoms with Crippen molar-refractivity contribution in [2.45, 2.75) is 44.8 Å². The van der Waals surface area contributed by atoms with Crippen LogP contribution in [-0.4, -0.2) is 11.1 Å². The van der Waals surface area contributed by atoms with E-state index >= 15 is 0 Å². The second-order valence-electron chi connectivity index (χ2n) is 6.60. The molecule has 0 bridgehead atoms. The van der Waals surface area contributed by atoms with E-state index in [0.29, 0.717) is 45.8 Å². The molecule has 1 N–H and O–H groups in total. The number of aliphatic hydroxyl groups is 1. The lowest BCUT2D eigenvalue weighted by atomic mass is 10.1. The van der Waals surface area contributed by atoms with Crippen LogP contribution in [0.1, 0.15) is 54.2 Å². The van der Waals surface area contributed by atoms with Crippen molar-refractivity contribution in [3.63, 3.8) is 0 Å². The zero-order valence-electron chi connectivity index (χ0n) is 14.6. The number of ether oxygens (including phenoxy) is 1. The number of hydrogen-bond acceptors (Lipinski definition) is 3. The van der Waals surface area contributed by atoms with Gasteiger partial charge in [0.05, 0.1) is 6.10 Å². The predicted molar refractivity (Wildman–Crippen MR) is 104 cm³/mol. The first-order valence-corrected chi connectivity index (χ1v) is 10.2. The largest absolute Gasteiger partial charge is 0.458 e. The molecular formula is C20H18Br2F2O3. The van der Waals surface area contributed by atoms with E-state index in [4.69, 9.17) is 4.74 Å². The Balaban J connectivity index is 0.000000159. The average molecular weight is 504 g/mol. The van der Waals surface area contributed by atoms with Gasteiger partial charge in [0, 0.05) is 15.9 Å². The molecule has 7 heteroatoms. The summed E-state index contributed by atoms with van der Waals surface area (Å²) in [6.45, 7) is 1.37. The molecule has 3 nitrogen and oxygen atoms in total. The minimum Gasteiger partial charge on any atom is -0.458 e. The first kappa shape index (κ1) is 20.4. The van der Waals surface area contributed by atoms with Crippen LogP contribution in [0.25, 0.3) is 0 Å². The number of rotatable bonds is 1. The first-order chi connectivity index (χ1) is 12.8. The Morgan fingerprint density at radius 1 is 1.00 bits per heavy atom. The Bertz CT molecular complexity index is 886. The number of fused-ring (bicyclic) bond motifs is 2. The average Bonchev–Trinajstić information content (AvgIpc) is 3.13. The van der Waals surface area contributed by atoms with Crippen LogP contribution >= 0.6 is 31.9 Å². The minimum absolute atomic E-state index is 0.212. The van der Waals surface area contributed by atoms with Crippen LogP contribution in [0.15, 0.2) is 33.2 Å². The number of halogens is 4. The zero-order chi connectivity index (χ0) is 19.7. The Kier molecular flexibility index (Phi) is 6.33. The van der Waals surface area contributed by atoms with Crippen molar-refractivity contribution in [3.8, 4) is 0 Å². The van der Waals surface area contributed by atoms with Crippen LogP contribution in [0.5, 0.6) is 0 Å². The summed E-state index contributed by atoms with van der Waals surface area (Å²) >= 11 is 6.42. The number of aliphatic hydroxyl groups excluding tert-OH is 1. The van der Waals surface area contributed by atoms with E-state index in [0.717, 1.165) is 11.1 Å². The van der Waals surface area contributed by atoms with E-state index in [-0.39, 0.29) is 23.7 Å². The minimum atomic E-state index is -0.480. The highest BCUT2D eigenvalue weighted by Gasteiger charge is 2.27. The molecular weight excluding hydrogens is 486 g/mol. The van der Waals surface area contributed by atoms with Gasteiger partial charge in [-0.3, -0.25) is 4.79 Å². The summed E-state index contributed by atoms with van der Waals surface area (Å²) in [6.07, 6.45) is 1.82. The van der Waals surface area contributed by atoms with Crippen molar-refractivity contribution in [1.82, 2.24) is 0 Å². The van der Waals surface area contributed by atoms with Crippen molar-refractivity contribution in [1.29, 1.82) is 0 Å². The molecule has 144 valence electrons. The fourth-order valence-electron chi connectivity index (χ4n) is 3.55. The van der Waals surface area contributed by atoms with Gasteiger partial charge < -0.3 is 9.84 Å². The maximum atomic E-state index is 13.5. The van der Waals surface area contributed by atoms with Gasteiger partial charge in [0.15, 0.2) is 0 Å². The lowest BCUT2D eigenvalue weighted by molar-refractivity contribution is -0.146. The van der Waals surface area contributed by atoms with Crippen LogP contribution in [0, 0.1) is 11.6 Å². The highest BCUT2D eigenvalue weighted by molar-refractivity contribution is 9.10. The number of esters is 1. The summed E-state index contributed by atoms with van der Waals surface area (Å²) in [6, 6.07) is 6.49. The molecule has 27 heavy (non-hydrogen) atoms. The van der Waals surface area contributed by atoms with Gasteiger partial charge in [-0.25, -0.2) is 8.78 Å². The molecule has 2 aliphatic rings. The molecule has 0 saturated carbocycles. The standard InChI is InChI=1S/C11H10BrFO2.C9H8BrFO/c1-6(14)15-11-3-2-8-9(11)4-7(12)5-10(8)13;10-5-3-7-6(8(11)4-5)1-2-9(7)12/h4-5,11H,2-3H2,1H3;3-4,9,12H,1-2H2/t11-;9-/m11/s1. The van der Waals surface area contributed by atoms with Gasteiger partial charge in [-0.15, -0.1) is 0 Å². The maximum Gasteiger partial charge on any atom is 0.303 e. The van der Waals surface area contributed by atoms with Crippen LogP contribution in [-0.2, 0) is 22.4 Å². The maximum absolute atomic E-state index is 13.5. The van der Waals surface area contributed by atoms with Crippen molar-refractivity contribution in [2.24, 2.45) is 0 Å². The molecule has 0 fully saturated rings. The SMILES string of the molecule is CC(=O)O[C@@H]1CCc2c(F)cc(Br)cc21.O[C@@H]1CCc2c(F)cc(Br)cc21. The molecule has 0 unspecified atom stereocenters. The third-order valence-corrected chi connectivity index (χ3v) is 5.64. The first-order valence-electron chi connectivity index (χ1n) is 8.57. The summed E-state index contributed by atoms with van der Waals surface area (Å²) in [7, 11) is 0. The van der Waals surface area contributed by atoms with Gasteiger partial charge >= 0.3 is 5.97 Å². The van der Waals surface area contributed by atoms with Gasteiger partial charge in [-0.05, 0) is 72.2 Å². The van der Waals surface area contributed by atoms with Crippen molar-refractivity contribution >= 4 is 37.8 Å². The summed E-state index contributed by atoms with van der Waals surface area (Å²) in [4.78, 5) is 10.9. The van der Waals surface area contributed by atoms with Crippen LogP contribution in [0.4, 0.5) is 8.78 Å². The topological polar surface area (TPSA) is 46.5 Å². The van der Waals surface area contributed by atoms with Crippen molar-refractivity contribution < 1.29 is 23.4 Å². The van der Waals surface area contributed by atoms with Crippen LogP contribution in [0.2, 0.25) is 0 Å². The summed E-state index contributed by atoms with van der Waals surface area (Å²) in [5.74, 6) is -0.766. The van der Waals surface area contributed by atoms with E-state index < -0.39 is 6.10 Å². The Morgan fingerprint density at radius 2 is 1.52 bits per heavy atom. The van der Waals surface area contributed by atoms with Crippen LogP contribution < -0.4 is 0 Å². The van der Waals surface area contributed by atoms with Crippen molar-refractivity contribution in [3.05, 3.63) is 67.1 Å². The smallest absolute Gasteiger partial charge is 0.303 e. The zero-order valence-corrected chi connectivity index (χ0v) is 17.7. The Labute approximate surface area is 173 Å². The lowest BCUT2D eigenvalue weighted by Gasteiger charge is -2.12. The third-order valence-electron chi connectivity index (χ3n) is 4.73. The summed E-state index contributed by atoms with van der Waals surface area (Å²) in [5.41, 5.74) is 2.87. The second-order valence-corrected chi connectivity index (χ2v) is 8.43. The molecule has 2 aromatic carbocycles. The molecule has 0 aliphatic heterocycles.